The number of alkyl halides is 2. The van der Waals surface area contributed by atoms with E-state index in [1.807, 2.05) is 6.07 Å². The highest BCUT2D eigenvalue weighted by Crippen LogP contribution is 2.41. The van der Waals surface area contributed by atoms with Crippen LogP contribution in [0.4, 0.5) is 14.7 Å². The zero-order valence-electron chi connectivity index (χ0n) is 17.0. The molecule has 0 aliphatic carbocycles. The van der Waals surface area contributed by atoms with Crippen molar-refractivity contribution in [3.05, 3.63) is 36.8 Å². The molecule has 8 nitrogen and oxygen atoms in total. The van der Waals surface area contributed by atoms with E-state index >= 15 is 0 Å². The summed E-state index contributed by atoms with van der Waals surface area (Å²) in [6, 6.07) is 3.62. The van der Waals surface area contributed by atoms with Gasteiger partial charge in [0, 0.05) is 50.0 Å². The van der Waals surface area contributed by atoms with Gasteiger partial charge in [-0.15, -0.1) is 10.2 Å². The number of methoxy groups -OCH3 is 1. The van der Waals surface area contributed by atoms with Gasteiger partial charge >= 0.3 is 0 Å². The van der Waals surface area contributed by atoms with Crippen molar-refractivity contribution < 1.29 is 18.6 Å². The van der Waals surface area contributed by atoms with E-state index < -0.39 is 24.1 Å². The van der Waals surface area contributed by atoms with Crippen LogP contribution in [0.3, 0.4) is 0 Å². The van der Waals surface area contributed by atoms with Crippen LogP contribution in [-0.2, 0) is 4.74 Å². The quantitative estimate of drug-likeness (QED) is 0.654. The second-order valence-electron chi connectivity index (χ2n) is 8.14. The number of hydrogen-bond acceptors (Lipinski definition) is 8. The van der Waals surface area contributed by atoms with E-state index in [9.17, 15) is 13.9 Å². The van der Waals surface area contributed by atoms with Crippen LogP contribution in [0.2, 0.25) is 0 Å². The van der Waals surface area contributed by atoms with Gasteiger partial charge in [-0.25, -0.2) is 13.8 Å². The number of aromatic nitrogens is 4. The van der Waals surface area contributed by atoms with Crippen molar-refractivity contribution in [1.82, 2.24) is 25.5 Å². The van der Waals surface area contributed by atoms with Crippen molar-refractivity contribution in [3.8, 4) is 17.0 Å². The molecule has 2 N–H and O–H groups in total. The number of ether oxygens (including phenoxy) is 1. The molecule has 2 bridgehead atoms. The summed E-state index contributed by atoms with van der Waals surface area (Å²) in [6.07, 6.45) is 4.41. The van der Waals surface area contributed by atoms with Gasteiger partial charge in [0.2, 0.25) is 5.95 Å². The molecule has 4 heterocycles. The molecule has 5 rings (SSSR count). The maximum absolute atomic E-state index is 14.2. The van der Waals surface area contributed by atoms with E-state index in [-0.39, 0.29) is 24.6 Å². The van der Waals surface area contributed by atoms with Gasteiger partial charge in [0.15, 0.2) is 0 Å². The van der Waals surface area contributed by atoms with Gasteiger partial charge in [-0.3, -0.25) is 4.98 Å². The highest BCUT2D eigenvalue weighted by Gasteiger charge is 2.57. The number of phenolic OH excluding ortho intramolecular Hbond substituents is 1. The lowest BCUT2D eigenvalue weighted by Crippen LogP contribution is -2.59. The third-order valence-corrected chi connectivity index (χ3v) is 6.34. The average Bonchev–Trinajstić information content (AvgIpc) is 3.01. The second-order valence-corrected chi connectivity index (χ2v) is 8.14. The zero-order valence-corrected chi connectivity index (χ0v) is 17.0. The van der Waals surface area contributed by atoms with Crippen LogP contribution in [-0.4, -0.2) is 69.6 Å². The number of nitrogens with one attached hydrogen (secondary N) is 1. The van der Waals surface area contributed by atoms with Gasteiger partial charge in [-0.1, -0.05) is 0 Å². The summed E-state index contributed by atoms with van der Waals surface area (Å²) < 4.78 is 34.0. The summed E-state index contributed by atoms with van der Waals surface area (Å²) in [7, 11) is 3.29. The van der Waals surface area contributed by atoms with Crippen molar-refractivity contribution in [1.29, 1.82) is 0 Å². The molecule has 10 heteroatoms. The standard InChI is InChI=1S/C21H22F2N6O2/c1-29(16-7-18-21(22,23)8-14(26-18)19(16)31-2)20-25-10-15(27-28-20)13-5-11-3-4-24-9-12(11)6-17(13)30/h3-6,9-10,14,16,18-19,26,30H,7-8H2,1-2H3/t14?,16-,18?,19-/m0/s1. The number of anilines is 1. The van der Waals surface area contributed by atoms with Crippen molar-refractivity contribution in [2.24, 2.45) is 0 Å². The van der Waals surface area contributed by atoms with Crippen molar-refractivity contribution in [2.45, 2.75) is 43.0 Å². The molecule has 2 saturated heterocycles. The minimum atomic E-state index is -2.76. The minimum Gasteiger partial charge on any atom is -0.507 e. The number of aromatic hydroxyl groups is 1. The predicted octanol–water partition coefficient (Wildman–Crippen LogP) is 2.38. The Bertz CT molecular complexity index is 1110. The van der Waals surface area contributed by atoms with Gasteiger partial charge < -0.3 is 20.1 Å². The van der Waals surface area contributed by atoms with Crippen LogP contribution >= 0.6 is 0 Å². The van der Waals surface area contributed by atoms with Crippen molar-refractivity contribution in [3.63, 3.8) is 0 Å². The second kappa shape index (κ2) is 7.31. The van der Waals surface area contributed by atoms with E-state index in [0.29, 0.717) is 17.2 Å². The molecule has 0 amide bonds. The molecule has 2 aromatic heterocycles. The third-order valence-electron chi connectivity index (χ3n) is 6.34. The number of nitrogens with zero attached hydrogens (tertiary/aromatic N) is 5. The Balaban J connectivity index is 1.42. The summed E-state index contributed by atoms with van der Waals surface area (Å²) in [5, 5.41) is 23.5. The fourth-order valence-corrected chi connectivity index (χ4v) is 4.70. The molecule has 1 aromatic carbocycles. The molecular formula is C21H22F2N6O2. The Morgan fingerprint density at radius 2 is 2.06 bits per heavy atom. The summed E-state index contributed by atoms with van der Waals surface area (Å²) in [5.74, 6) is -2.40. The Kier molecular flexibility index (Phi) is 4.71. The summed E-state index contributed by atoms with van der Waals surface area (Å²) in [5.41, 5.74) is 0.913. The number of benzene rings is 1. The number of halogens is 2. The molecule has 2 fully saturated rings. The van der Waals surface area contributed by atoms with Crippen molar-refractivity contribution in [2.75, 3.05) is 19.1 Å². The molecule has 3 aromatic rings. The van der Waals surface area contributed by atoms with E-state index in [1.165, 1.54) is 13.3 Å². The van der Waals surface area contributed by atoms with E-state index in [0.717, 1.165) is 10.8 Å². The molecule has 2 aliphatic rings. The van der Waals surface area contributed by atoms with Crippen LogP contribution in [0.5, 0.6) is 5.75 Å². The number of likely N-dealkylation sites (N-methyl/N-ethyl adjacent to an activating group) is 1. The number of hydrogen-bond donors (Lipinski definition) is 2. The predicted molar refractivity (Wildman–Crippen MR) is 110 cm³/mol. The molecule has 31 heavy (non-hydrogen) atoms. The Morgan fingerprint density at radius 3 is 2.81 bits per heavy atom. The fourth-order valence-electron chi connectivity index (χ4n) is 4.70. The molecule has 0 radical (unpaired) electrons. The third kappa shape index (κ3) is 3.35. The molecule has 0 spiro atoms. The SMILES string of the molecule is CO[C@H]1C2CC(F)(F)C(C[C@@H]1N(C)c1ncc(-c3cc4ccncc4cc3O)nn1)N2. The highest BCUT2D eigenvalue weighted by atomic mass is 19.3. The first-order valence-electron chi connectivity index (χ1n) is 10.0. The van der Waals surface area contributed by atoms with Crippen LogP contribution in [0.25, 0.3) is 22.0 Å². The molecular weight excluding hydrogens is 406 g/mol. The average molecular weight is 428 g/mol. The van der Waals surface area contributed by atoms with Gasteiger partial charge in [0.25, 0.3) is 5.92 Å². The lowest BCUT2D eigenvalue weighted by Gasteiger charge is -2.41. The lowest BCUT2D eigenvalue weighted by molar-refractivity contribution is -0.0139. The van der Waals surface area contributed by atoms with Crippen LogP contribution < -0.4 is 10.2 Å². The van der Waals surface area contributed by atoms with E-state index in [2.05, 4.69) is 25.5 Å². The summed E-state index contributed by atoms with van der Waals surface area (Å²) in [4.78, 5) is 10.2. The summed E-state index contributed by atoms with van der Waals surface area (Å²) in [6.45, 7) is 0. The maximum atomic E-state index is 14.2. The molecule has 2 aliphatic heterocycles. The van der Waals surface area contributed by atoms with E-state index in [4.69, 9.17) is 4.74 Å². The van der Waals surface area contributed by atoms with Gasteiger partial charge in [-0.05, 0) is 30.0 Å². The molecule has 0 saturated carbocycles. The lowest BCUT2D eigenvalue weighted by atomic mass is 9.95. The first-order chi connectivity index (χ1) is 14.9. The number of pyridine rings is 1. The maximum Gasteiger partial charge on any atom is 0.264 e. The monoisotopic (exact) mass is 428 g/mol. The molecule has 2 unspecified atom stereocenters. The number of piperidine rings is 1. The topological polar surface area (TPSA) is 96.3 Å². The first-order valence-corrected chi connectivity index (χ1v) is 10.0. The van der Waals surface area contributed by atoms with Gasteiger partial charge in [0.05, 0.1) is 24.4 Å². The Hall–Kier alpha value is -2.98. The summed E-state index contributed by atoms with van der Waals surface area (Å²) >= 11 is 0. The number of rotatable bonds is 4. The first kappa shape index (κ1) is 20.0. The Labute approximate surface area is 177 Å². The fraction of sp³-hybridized carbons (Fsp3) is 0.429. The zero-order chi connectivity index (χ0) is 21.8. The molecule has 162 valence electrons. The molecule has 4 atom stereocenters. The van der Waals surface area contributed by atoms with E-state index in [1.54, 1.807) is 36.5 Å². The minimum absolute atomic E-state index is 0.0503. The highest BCUT2D eigenvalue weighted by molar-refractivity contribution is 5.89. The number of fused-ring (bicyclic) bond motifs is 3. The van der Waals surface area contributed by atoms with Crippen LogP contribution in [0, 0.1) is 0 Å². The van der Waals surface area contributed by atoms with Crippen LogP contribution in [0.15, 0.2) is 36.8 Å². The number of phenols is 1. The van der Waals surface area contributed by atoms with Crippen molar-refractivity contribution >= 4 is 16.7 Å². The Morgan fingerprint density at radius 1 is 1.23 bits per heavy atom. The van der Waals surface area contributed by atoms with Gasteiger partial charge in [0.1, 0.15) is 11.4 Å². The smallest absolute Gasteiger partial charge is 0.264 e. The largest absolute Gasteiger partial charge is 0.507 e. The normalized spacial score (nSPS) is 26.8. The van der Waals surface area contributed by atoms with Gasteiger partial charge in [-0.2, -0.15) is 0 Å². The van der Waals surface area contributed by atoms with Crippen LogP contribution in [0.1, 0.15) is 12.8 Å².